The van der Waals surface area contributed by atoms with E-state index in [1.807, 2.05) is 24.4 Å². The highest BCUT2D eigenvalue weighted by Gasteiger charge is 2.15. The zero-order valence-electron chi connectivity index (χ0n) is 9.13. The Morgan fingerprint density at radius 1 is 1.19 bits per heavy atom. The van der Waals surface area contributed by atoms with Crippen molar-refractivity contribution in [3.63, 3.8) is 0 Å². The fraction of sp³-hybridized carbons (Fsp3) is 0.417. The quantitative estimate of drug-likeness (QED) is 0.762. The zero-order valence-corrected chi connectivity index (χ0v) is 9.13. The van der Waals surface area contributed by atoms with E-state index in [1.54, 1.807) is 0 Å². The first-order valence-electron chi connectivity index (χ1n) is 5.74. The lowest BCUT2D eigenvalue weighted by Gasteiger charge is -2.14. The van der Waals surface area contributed by atoms with Crippen molar-refractivity contribution in [1.29, 1.82) is 0 Å². The van der Waals surface area contributed by atoms with E-state index in [-0.39, 0.29) is 0 Å². The van der Waals surface area contributed by atoms with Gasteiger partial charge in [-0.15, -0.1) is 10.2 Å². The van der Waals surface area contributed by atoms with Crippen LogP contribution in [0.15, 0.2) is 24.4 Å². The van der Waals surface area contributed by atoms with E-state index < -0.39 is 0 Å². The normalized spacial score (nSPS) is 14.8. The van der Waals surface area contributed by atoms with E-state index in [1.165, 1.54) is 12.8 Å². The third-order valence-electron chi connectivity index (χ3n) is 3.00. The molecule has 0 aromatic carbocycles. The Balaban J connectivity index is 1.88. The summed E-state index contributed by atoms with van der Waals surface area (Å²) in [5, 5.41) is 8.50. The topological polar surface area (TPSA) is 43.6 Å². The van der Waals surface area contributed by atoms with E-state index in [4.69, 9.17) is 0 Å². The van der Waals surface area contributed by atoms with Gasteiger partial charge in [0.15, 0.2) is 0 Å². The van der Waals surface area contributed by atoms with Crippen molar-refractivity contribution in [2.75, 3.05) is 0 Å². The minimum Gasteiger partial charge on any atom is -0.315 e. The maximum absolute atomic E-state index is 4.32. The molecular formula is C12H14N4. The Hall–Kier alpha value is -1.71. The SMILES string of the molecule is c1ccc(Cc2nnc3n2CCCC3)nc1. The second kappa shape index (κ2) is 4.04. The van der Waals surface area contributed by atoms with Gasteiger partial charge in [0.2, 0.25) is 0 Å². The van der Waals surface area contributed by atoms with E-state index in [2.05, 4.69) is 19.7 Å². The van der Waals surface area contributed by atoms with Gasteiger partial charge in [0.25, 0.3) is 0 Å². The van der Waals surface area contributed by atoms with Crippen molar-refractivity contribution in [1.82, 2.24) is 19.7 Å². The van der Waals surface area contributed by atoms with Gasteiger partial charge in [-0.25, -0.2) is 0 Å². The number of aryl methyl sites for hydroxylation is 1. The van der Waals surface area contributed by atoms with Gasteiger partial charge in [0.1, 0.15) is 11.6 Å². The molecule has 2 aromatic heterocycles. The van der Waals surface area contributed by atoms with Crippen LogP contribution in [-0.2, 0) is 19.4 Å². The molecule has 0 fully saturated rings. The highest BCUT2D eigenvalue weighted by Crippen LogP contribution is 2.15. The molecule has 1 aliphatic heterocycles. The Morgan fingerprint density at radius 3 is 3.06 bits per heavy atom. The first kappa shape index (κ1) is 9.51. The van der Waals surface area contributed by atoms with Crippen LogP contribution in [0.3, 0.4) is 0 Å². The predicted molar refractivity (Wildman–Crippen MR) is 60.0 cm³/mol. The lowest BCUT2D eigenvalue weighted by Crippen LogP contribution is -2.13. The van der Waals surface area contributed by atoms with Crippen molar-refractivity contribution in [3.8, 4) is 0 Å². The molecule has 4 heteroatoms. The molecule has 0 atom stereocenters. The maximum Gasteiger partial charge on any atom is 0.139 e. The maximum atomic E-state index is 4.32. The number of nitrogens with zero attached hydrogens (tertiary/aromatic N) is 4. The number of rotatable bonds is 2. The van der Waals surface area contributed by atoms with Crippen LogP contribution in [0, 0.1) is 0 Å². The van der Waals surface area contributed by atoms with Crippen molar-refractivity contribution < 1.29 is 0 Å². The predicted octanol–water partition coefficient (Wildman–Crippen LogP) is 1.60. The summed E-state index contributed by atoms with van der Waals surface area (Å²) in [5.74, 6) is 2.19. The molecule has 3 rings (SSSR count). The first-order chi connectivity index (χ1) is 7.93. The Bertz CT molecular complexity index is 475. The minimum atomic E-state index is 0.786. The molecular weight excluding hydrogens is 200 g/mol. The average Bonchev–Trinajstić information content (AvgIpc) is 2.74. The van der Waals surface area contributed by atoms with Crippen molar-refractivity contribution in [3.05, 3.63) is 41.7 Å². The van der Waals surface area contributed by atoms with Gasteiger partial charge in [0, 0.05) is 24.9 Å². The molecule has 0 spiro atoms. The van der Waals surface area contributed by atoms with Crippen LogP contribution >= 0.6 is 0 Å². The largest absolute Gasteiger partial charge is 0.315 e. The smallest absolute Gasteiger partial charge is 0.139 e. The van der Waals surface area contributed by atoms with Crippen LogP contribution in [0.2, 0.25) is 0 Å². The fourth-order valence-electron chi connectivity index (χ4n) is 2.16. The summed E-state index contributed by atoms with van der Waals surface area (Å²) in [6.07, 6.45) is 6.15. The molecule has 0 saturated carbocycles. The second-order valence-corrected chi connectivity index (χ2v) is 4.14. The van der Waals surface area contributed by atoms with Crippen molar-refractivity contribution >= 4 is 0 Å². The van der Waals surface area contributed by atoms with Crippen molar-refractivity contribution in [2.45, 2.75) is 32.2 Å². The Morgan fingerprint density at radius 2 is 2.19 bits per heavy atom. The van der Waals surface area contributed by atoms with Crippen LogP contribution in [0.25, 0.3) is 0 Å². The summed E-state index contributed by atoms with van der Waals surface area (Å²) >= 11 is 0. The molecule has 2 aromatic rings. The third-order valence-corrected chi connectivity index (χ3v) is 3.00. The van der Waals surface area contributed by atoms with Gasteiger partial charge in [-0.2, -0.15) is 0 Å². The van der Waals surface area contributed by atoms with E-state index in [0.29, 0.717) is 0 Å². The highest BCUT2D eigenvalue weighted by molar-refractivity contribution is 5.11. The Kier molecular flexibility index (Phi) is 2.40. The molecule has 0 radical (unpaired) electrons. The second-order valence-electron chi connectivity index (χ2n) is 4.14. The van der Waals surface area contributed by atoms with E-state index >= 15 is 0 Å². The molecule has 4 nitrogen and oxygen atoms in total. The minimum absolute atomic E-state index is 0.786. The molecule has 3 heterocycles. The van der Waals surface area contributed by atoms with Gasteiger partial charge >= 0.3 is 0 Å². The van der Waals surface area contributed by atoms with Crippen LogP contribution in [-0.4, -0.2) is 19.7 Å². The zero-order chi connectivity index (χ0) is 10.8. The van der Waals surface area contributed by atoms with Crippen LogP contribution < -0.4 is 0 Å². The molecule has 16 heavy (non-hydrogen) atoms. The summed E-state index contributed by atoms with van der Waals surface area (Å²) < 4.78 is 2.25. The molecule has 0 aliphatic carbocycles. The van der Waals surface area contributed by atoms with Gasteiger partial charge < -0.3 is 4.57 Å². The monoisotopic (exact) mass is 214 g/mol. The molecule has 0 N–H and O–H groups in total. The molecule has 0 bridgehead atoms. The molecule has 82 valence electrons. The highest BCUT2D eigenvalue weighted by atomic mass is 15.3. The summed E-state index contributed by atoms with van der Waals surface area (Å²) in [7, 11) is 0. The summed E-state index contributed by atoms with van der Waals surface area (Å²) in [5.41, 5.74) is 1.06. The third kappa shape index (κ3) is 1.71. The summed E-state index contributed by atoms with van der Waals surface area (Å²) in [6.45, 7) is 1.06. The molecule has 1 aliphatic rings. The summed E-state index contributed by atoms with van der Waals surface area (Å²) in [4.78, 5) is 4.32. The van der Waals surface area contributed by atoms with Gasteiger partial charge in [0.05, 0.1) is 6.42 Å². The van der Waals surface area contributed by atoms with E-state index in [9.17, 15) is 0 Å². The van der Waals surface area contributed by atoms with Crippen LogP contribution in [0.1, 0.15) is 30.2 Å². The number of aromatic nitrogens is 4. The summed E-state index contributed by atoms with van der Waals surface area (Å²) in [6, 6.07) is 5.98. The molecule has 0 unspecified atom stereocenters. The molecule has 0 saturated heterocycles. The van der Waals surface area contributed by atoms with Gasteiger partial charge in [-0.3, -0.25) is 4.98 Å². The number of hydrogen-bond donors (Lipinski definition) is 0. The number of fused-ring (bicyclic) bond motifs is 1. The van der Waals surface area contributed by atoms with Gasteiger partial charge in [-0.1, -0.05) is 6.07 Å². The standard InChI is InChI=1S/C12H14N4/c1-3-7-13-10(5-1)9-12-15-14-11-6-2-4-8-16(11)12/h1,3,5,7H,2,4,6,8-9H2. The Labute approximate surface area is 94.4 Å². The average molecular weight is 214 g/mol. The van der Waals surface area contributed by atoms with Crippen LogP contribution in [0.4, 0.5) is 0 Å². The lowest BCUT2D eigenvalue weighted by molar-refractivity contribution is 0.510. The van der Waals surface area contributed by atoms with Gasteiger partial charge in [-0.05, 0) is 25.0 Å². The number of pyridine rings is 1. The van der Waals surface area contributed by atoms with Crippen LogP contribution in [0.5, 0.6) is 0 Å². The van der Waals surface area contributed by atoms with E-state index in [0.717, 1.165) is 36.7 Å². The first-order valence-corrected chi connectivity index (χ1v) is 5.74. The van der Waals surface area contributed by atoms with Crippen molar-refractivity contribution in [2.24, 2.45) is 0 Å². The lowest BCUT2D eigenvalue weighted by atomic mass is 10.1. The fourth-order valence-corrected chi connectivity index (χ4v) is 2.16. The molecule has 0 amide bonds. The number of hydrogen-bond acceptors (Lipinski definition) is 3.